The molecule has 0 unspecified atom stereocenters. The monoisotopic (exact) mass is 279 g/mol. The Kier molecular flexibility index (Phi) is 3.40. The molecule has 0 aliphatic carbocycles. The van der Waals surface area contributed by atoms with Gasteiger partial charge < -0.3 is 5.11 Å². The quantitative estimate of drug-likeness (QED) is 0.901. The molecule has 4 nitrogen and oxygen atoms in total. The van der Waals surface area contributed by atoms with E-state index in [4.69, 9.17) is 16.7 Å². The van der Waals surface area contributed by atoms with Crippen molar-refractivity contribution in [2.45, 2.75) is 4.90 Å². The van der Waals surface area contributed by atoms with Crippen molar-refractivity contribution in [3.8, 4) is 0 Å². The van der Waals surface area contributed by atoms with Crippen LogP contribution in [-0.2, 0) is 10.0 Å². The molecule has 17 heavy (non-hydrogen) atoms. The number of hydrogen-bond donors (Lipinski definition) is 1. The van der Waals surface area contributed by atoms with Gasteiger partial charge in [0.15, 0.2) is 0 Å². The van der Waals surface area contributed by atoms with Gasteiger partial charge in [-0.25, -0.2) is 12.8 Å². The van der Waals surface area contributed by atoms with Gasteiger partial charge in [-0.1, -0.05) is 11.6 Å². The summed E-state index contributed by atoms with van der Waals surface area (Å²) < 4.78 is 38.6. The highest BCUT2D eigenvalue weighted by Gasteiger charge is 2.37. The number of aliphatic hydroxyl groups excluding tert-OH is 1. The lowest BCUT2D eigenvalue weighted by molar-refractivity contribution is 0.117. The molecule has 1 fully saturated rings. The van der Waals surface area contributed by atoms with E-state index in [-0.39, 0.29) is 35.5 Å². The zero-order chi connectivity index (χ0) is 12.6. The van der Waals surface area contributed by atoms with Gasteiger partial charge >= 0.3 is 0 Å². The highest BCUT2D eigenvalue weighted by Crippen LogP contribution is 2.27. The van der Waals surface area contributed by atoms with Gasteiger partial charge in [0.2, 0.25) is 10.0 Å². The van der Waals surface area contributed by atoms with Crippen LogP contribution in [0.5, 0.6) is 0 Å². The summed E-state index contributed by atoms with van der Waals surface area (Å²) in [5.74, 6) is -0.912. The summed E-state index contributed by atoms with van der Waals surface area (Å²) in [5, 5.41) is 8.97. The van der Waals surface area contributed by atoms with Gasteiger partial charge in [0.05, 0.1) is 0 Å². The van der Waals surface area contributed by atoms with Crippen LogP contribution in [0.1, 0.15) is 0 Å². The fraction of sp³-hybridized carbons (Fsp3) is 0.400. The van der Waals surface area contributed by atoms with Crippen molar-refractivity contribution in [2.75, 3.05) is 19.7 Å². The van der Waals surface area contributed by atoms with E-state index in [1.165, 1.54) is 6.07 Å². The molecule has 0 radical (unpaired) electrons. The van der Waals surface area contributed by atoms with Crippen molar-refractivity contribution >= 4 is 21.6 Å². The molecule has 1 aromatic rings. The van der Waals surface area contributed by atoms with Crippen LogP contribution in [-0.4, -0.2) is 37.5 Å². The lowest BCUT2D eigenvalue weighted by atomic mass is 10.1. The van der Waals surface area contributed by atoms with Gasteiger partial charge in [-0.2, -0.15) is 4.31 Å². The smallest absolute Gasteiger partial charge is 0.246 e. The minimum absolute atomic E-state index is 0.0554. The lowest BCUT2D eigenvalue weighted by Crippen LogP contribution is -2.51. The number of sulfonamides is 1. The molecule has 0 aromatic heterocycles. The summed E-state index contributed by atoms with van der Waals surface area (Å²) in [6.07, 6.45) is 0. The SMILES string of the molecule is O=S(=O)(c1ccc(Cl)cc1F)N1CC(CO)C1. The molecule has 7 heteroatoms. The second-order valence-corrected chi connectivity index (χ2v) is 6.29. The Labute approximate surface area is 104 Å². The normalized spacial score (nSPS) is 18.1. The standard InChI is InChI=1S/C10H11ClFNO3S/c11-8-1-2-10(9(12)3-8)17(15,16)13-4-7(5-13)6-14/h1-3,7,14H,4-6H2. The highest BCUT2D eigenvalue weighted by molar-refractivity contribution is 7.89. The van der Waals surface area contributed by atoms with Crippen molar-refractivity contribution < 1.29 is 17.9 Å². The van der Waals surface area contributed by atoms with Gasteiger partial charge in [-0.3, -0.25) is 0 Å². The van der Waals surface area contributed by atoms with Crippen LogP contribution in [0.4, 0.5) is 4.39 Å². The van der Waals surface area contributed by atoms with Crippen molar-refractivity contribution in [3.05, 3.63) is 29.0 Å². The largest absolute Gasteiger partial charge is 0.396 e. The third-order valence-corrected chi connectivity index (χ3v) is 4.79. The van der Waals surface area contributed by atoms with Crippen LogP contribution in [0.3, 0.4) is 0 Å². The van der Waals surface area contributed by atoms with E-state index in [1.807, 2.05) is 0 Å². The summed E-state index contributed by atoms with van der Waals surface area (Å²) in [5.41, 5.74) is 0. The zero-order valence-electron chi connectivity index (χ0n) is 8.81. The van der Waals surface area contributed by atoms with Crippen LogP contribution >= 0.6 is 11.6 Å². The Bertz CT molecular complexity index is 528. The van der Waals surface area contributed by atoms with Gasteiger partial charge in [0, 0.05) is 30.6 Å². The Hall–Kier alpha value is -0.690. The average molecular weight is 280 g/mol. The Balaban J connectivity index is 2.27. The maximum absolute atomic E-state index is 13.5. The van der Waals surface area contributed by atoms with E-state index in [1.54, 1.807) is 0 Å². The Morgan fingerprint density at radius 3 is 2.65 bits per heavy atom. The van der Waals surface area contributed by atoms with Crippen LogP contribution in [0.2, 0.25) is 5.02 Å². The molecule has 0 spiro atoms. The molecule has 1 aliphatic rings. The number of nitrogens with zero attached hydrogens (tertiary/aromatic N) is 1. The third-order valence-electron chi connectivity index (χ3n) is 2.69. The van der Waals surface area contributed by atoms with Crippen LogP contribution < -0.4 is 0 Å². The van der Waals surface area contributed by atoms with E-state index >= 15 is 0 Å². The lowest BCUT2D eigenvalue weighted by Gasteiger charge is -2.36. The molecule has 0 bridgehead atoms. The van der Waals surface area contributed by atoms with Gasteiger partial charge in [-0.05, 0) is 18.2 Å². The first-order valence-corrected chi connectivity index (χ1v) is 6.83. The number of benzene rings is 1. The molecule has 0 saturated carbocycles. The molecule has 1 N–H and O–H groups in total. The molecule has 1 aromatic carbocycles. The van der Waals surface area contributed by atoms with Crippen LogP contribution in [0, 0.1) is 11.7 Å². The summed E-state index contributed by atoms with van der Waals surface area (Å²) in [6, 6.07) is 3.46. The van der Waals surface area contributed by atoms with E-state index in [0.29, 0.717) is 0 Å². The van der Waals surface area contributed by atoms with E-state index in [0.717, 1.165) is 16.4 Å². The second kappa shape index (κ2) is 4.53. The van der Waals surface area contributed by atoms with Crippen LogP contribution in [0.25, 0.3) is 0 Å². The summed E-state index contributed by atoms with van der Waals surface area (Å²) in [7, 11) is -3.80. The van der Waals surface area contributed by atoms with Crippen molar-refractivity contribution in [3.63, 3.8) is 0 Å². The minimum atomic E-state index is -3.80. The third kappa shape index (κ3) is 2.30. The molecule has 94 valence electrons. The number of rotatable bonds is 3. The fourth-order valence-electron chi connectivity index (χ4n) is 1.66. The van der Waals surface area contributed by atoms with E-state index < -0.39 is 15.8 Å². The van der Waals surface area contributed by atoms with E-state index in [9.17, 15) is 12.8 Å². The Morgan fingerprint density at radius 1 is 1.47 bits per heavy atom. The molecule has 2 rings (SSSR count). The molecular formula is C10H11ClFNO3S. The van der Waals surface area contributed by atoms with Gasteiger partial charge in [0.1, 0.15) is 10.7 Å². The molecule has 1 heterocycles. The average Bonchev–Trinajstić information content (AvgIpc) is 2.14. The van der Waals surface area contributed by atoms with Crippen LogP contribution in [0.15, 0.2) is 23.1 Å². The summed E-state index contributed by atoms with van der Waals surface area (Å²) in [4.78, 5) is -0.377. The zero-order valence-corrected chi connectivity index (χ0v) is 10.4. The molecule has 0 atom stereocenters. The maximum atomic E-state index is 13.5. The second-order valence-electron chi connectivity index (χ2n) is 3.95. The first-order valence-electron chi connectivity index (χ1n) is 5.01. The minimum Gasteiger partial charge on any atom is -0.396 e. The fourth-order valence-corrected chi connectivity index (χ4v) is 3.45. The van der Waals surface area contributed by atoms with Gasteiger partial charge in [-0.15, -0.1) is 0 Å². The predicted molar refractivity (Wildman–Crippen MR) is 60.7 cm³/mol. The number of hydrogen-bond acceptors (Lipinski definition) is 3. The number of aliphatic hydroxyl groups is 1. The molecule has 1 aliphatic heterocycles. The van der Waals surface area contributed by atoms with Crippen molar-refractivity contribution in [1.29, 1.82) is 0 Å². The van der Waals surface area contributed by atoms with Crippen molar-refractivity contribution in [1.82, 2.24) is 4.31 Å². The first-order chi connectivity index (χ1) is 7.95. The summed E-state index contributed by atoms with van der Waals surface area (Å²) >= 11 is 5.56. The predicted octanol–water partition coefficient (Wildman–Crippen LogP) is 1.09. The molecule has 0 amide bonds. The number of halogens is 2. The van der Waals surface area contributed by atoms with E-state index in [2.05, 4.69) is 0 Å². The molecule has 1 saturated heterocycles. The highest BCUT2D eigenvalue weighted by atomic mass is 35.5. The van der Waals surface area contributed by atoms with Gasteiger partial charge in [0.25, 0.3) is 0 Å². The summed E-state index contributed by atoms with van der Waals surface area (Å²) in [6.45, 7) is 0.386. The molecular weight excluding hydrogens is 269 g/mol. The maximum Gasteiger partial charge on any atom is 0.246 e. The topological polar surface area (TPSA) is 57.6 Å². The van der Waals surface area contributed by atoms with Crippen molar-refractivity contribution in [2.24, 2.45) is 5.92 Å². The Morgan fingerprint density at radius 2 is 2.12 bits per heavy atom. The first kappa shape index (κ1) is 12.8.